The highest BCUT2D eigenvalue weighted by Crippen LogP contribution is 2.36. The zero-order chi connectivity index (χ0) is 18.6. The Hall–Kier alpha value is -3.34. The molecule has 0 saturated heterocycles. The second-order valence-electron chi connectivity index (χ2n) is 6.20. The molecule has 136 valence electrons. The van der Waals surface area contributed by atoms with Crippen molar-refractivity contribution in [2.75, 3.05) is 13.7 Å². The van der Waals surface area contributed by atoms with E-state index in [1.54, 1.807) is 37.7 Å². The number of pyridine rings is 1. The molecule has 1 aromatic heterocycles. The van der Waals surface area contributed by atoms with Crippen LogP contribution in [0.4, 0.5) is 0 Å². The van der Waals surface area contributed by atoms with Crippen LogP contribution in [0.3, 0.4) is 0 Å². The molecule has 0 radical (unpaired) electrons. The summed E-state index contributed by atoms with van der Waals surface area (Å²) in [6, 6.07) is 16.9. The number of carbonyl (C=O) groups excluding carboxylic acids is 1. The Labute approximate surface area is 157 Å². The molecule has 1 aliphatic rings. The molecule has 0 fully saturated rings. The molecule has 2 aromatic carbocycles. The first-order valence-electron chi connectivity index (χ1n) is 8.76. The number of ether oxygens (including phenoxy) is 3. The Balaban J connectivity index is 1.73. The third-order valence-electron chi connectivity index (χ3n) is 4.52. The van der Waals surface area contributed by atoms with Crippen LogP contribution in [0, 0.1) is 0 Å². The molecule has 0 spiro atoms. The van der Waals surface area contributed by atoms with Gasteiger partial charge in [-0.1, -0.05) is 18.2 Å². The van der Waals surface area contributed by atoms with E-state index in [4.69, 9.17) is 14.2 Å². The van der Waals surface area contributed by atoms with Crippen molar-refractivity contribution in [1.29, 1.82) is 0 Å². The number of ketones is 1. The van der Waals surface area contributed by atoms with E-state index in [2.05, 4.69) is 4.98 Å². The van der Waals surface area contributed by atoms with Gasteiger partial charge in [-0.3, -0.25) is 9.78 Å². The maximum absolute atomic E-state index is 12.0. The molecule has 0 unspecified atom stereocenters. The van der Waals surface area contributed by atoms with Gasteiger partial charge in [0.1, 0.15) is 17.2 Å². The molecule has 0 bridgehead atoms. The summed E-state index contributed by atoms with van der Waals surface area (Å²) in [5.74, 6) is 2.02. The summed E-state index contributed by atoms with van der Waals surface area (Å²) >= 11 is 0. The lowest BCUT2D eigenvalue weighted by Gasteiger charge is -2.23. The summed E-state index contributed by atoms with van der Waals surface area (Å²) in [4.78, 5) is 16.1. The Morgan fingerprint density at radius 3 is 2.70 bits per heavy atom. The number of rotatable bonds is 5. The van der Waals surface area contributed by atoms with Crippen LogP contribution >= 0.6 is 0 Å². The monoisotopic (exact) mass is 361 g/mol. The summed E-state index contributed by atoms with van der Waals surface area (Å²) in [7, 11) is 1.64. The number of Topliss-reactive ketones (excluding diaryl/α,β-unsaturated/α-hetero) is 1. The fourth-order valence-electron chi connectivity index (χ4n) is 3.18. The topological polar surface area (TPSA) is 57.7 Å². The van der Waals surface area contributed by atoms with Crippen LogP contribution in [0.15, 0.2) is 67.0 Å². The van der Waals surface area contributed by atoms with Crippen LogP contribution in [0.1, 0.15) is 34.0 Å². The number of carbonyl (C=O) groups is 1. The number of para-hydroxylation sites is 1. The van der Waals surface area contributed by atoms with E-state index in [-0.39, 0.29) is 11.9 Å². The van der Waals surface area contributed by atoms with Crippen molar-refractivity contribution in [2.45, 2.75) is 12.5 Å². The van der Waals surface area contributed by atoms with Crippen molar-refractivity contribution in [3.63, 3.8) is 0 Å². The molecule has 3 aromatic rings. The van der Waals surface area contributed by atoms with Crippen molar-refractivity contribution in [3.05, 3.63) is 83.7 Å². The Morgan fingerprint density at radius 2 is 1.89 bits per heavy atom. The minimum absolute atomic E-state index is 0.0956. The minimum Gasteiger partial charge on any atom is -0.496 e. The molecule has 0 aliphatic carbocycles. The van der Waals surface area contributed by atoms with E-state index >= 15 is 0 Å². The predicted octanol–water partition coefficient (Wildman–Crippen LogP) is 4.22. The molecule has 0 amide bonds. The maximum Gasteiger partial charge on any atom is 0.169 e. The largest absolute Gasteiger partial charge is 0.496 e. The van der Waals surface area contributed by atoms with E-state index in [1.165, 1.54) is 0 Å². The maximum atomic E-state index is 12.0. The van der Waals surface area contributed by atoms with Crippen molar-refractivity contribution in [1.82, 2.24) is 4.98 Å². The first-order chi connectivity index (χ1) is 13.3. The average Bonchev–Trinajstić information content (AvgIpc) is 2.73. The quantitative estimate of drug-likeness (QED) is 0.681. The van der Waals surface area contributed by atoms with Crippen LogP contribution in [-0.2, 0) is 0 Å². The molecule has 5 heteroatoms. The normalized spacial score (nSPS) is 14.0. The second-order valence-corrected chi connectivity index (χ2v) is 6.20. The minimum atomic E-state index is -0.388. The number of hydrogen-bond donors (Lipinski definition) is 0. The molecule has 5 nitrogen and oxygen atoms in total. The van der Waals surface area contributed by atoms with Gasteiger partial charge in [-0.25, -0.2) is 0 Å². The number of fused-ring (bicyclic) bond motifs is 1. The molecule has 1 aliphatic heterocycles. The lowest BCUT2D eigenvalue weighted by molar-refractivity contribution is 0.0933. The molecule has 1 atom stereocenters. The summed E-state index contributed by atoms with van der Waals surface area (Å²) in [6.45, 7) is 0.398. The number of nitrogens with zero attached hydrogens (tertiary/aromatic N) is 1. The zero-order valence-corrected chi connectivity index (χ0v) is 14.9. The first-order valence-corrected chi connectivity index (χ1v) is 8.76. The highest BCUT2D eigenvalue weighted by Gasteiger charge is 2.23. The average molecular weight is 361 g/mol. The summed E-state index contributed by atoms with van der Waals surface area (Å²) in [6.07, 6.45) is 3.49. The predicted molar refractivity (Wildman–Crippen MR) is 101 cm³/mol. The third-order valence-corrected chi connectivity index (χ3v) is 4.52. The van der Waals surface area contributed by atoms with Crippen LogP contribution < -0.4 is 14.2 Å². The second kappa shape index (κ2) is 7.50. The highest BCUT2D eigenvalue weighted by molar-refractivity contribution is 5.99. The molecule has 4 rings (SSSR count). The van der Waals surface area contributed by atoms with Crippen LogP contribution in [0.25, 0.3) is 0 Å². The fraction of sp³-hybridized carbons (Fsp3) is 0.182. The van der Waals surface area contributed by atoms with E-state index in [1.807, 2.05) is 36.4 Å². The van der Waals surface area contributed by atoms with Gasteiger partial charge >= 0.3 is 0 Å². The molecular formula is C22H19NO4. The first kappa shape index (κ1) is 17.1. The third kappa shape index (κ3) is 3.49. The van der Waals surface area contributed by atoms with Gasteiger partial charge in [-0.05, 0) is 30.3 Å². The van der Waals surface area contributed by atoms with E-state index in [0.29, 0.717) is 30.1 Å². The number of methoxy groups -OCH3 is 1. The molecule has 0 N–H and O–H groups in total. The SMILES string of the molecule is COc1ccccc1[C@@H](Oc1ccc2c(c1)OCCC2=O)c1ccncc1. The van der Waals surface area contributed by atoms with Gasteiger partial charge in [-0.2, -0.15) is 0 Å². The Kier molecular flexibility index (Phi) is 4.75. The Bertz CT molecular complexity index is 956. The van der Waals surface area contributed by atoms with Gasteiger partial charge < -0.3 is 14.2 Å². The van der Waals surface area contributed by atoms with Crippen molar-refractivity contribution in [2.24, 2.45) is 0 Å². The van der Waals surface area contributed by atoms with E-state index < -0.39 is 0 Å². The van der Waals surface area contributed by atoms with Crippen molar-refractivity contribution >= 4 is 5.78 Å². The van der Waals surface area contributed by atoms with Crippen LogP contribution in [-0.4, -0.2) is 24.5 Å². The molecular weight excluding hydrogens is 342 g/mol. The summed E-state index contributed by atoms with van der Waals surface area (Å²) in [5, 5.41) is 0. The van der Waals surface area contributed by atoms with Gasteiger partial charge in [0.2, 0.25) is 0 Å². The van der Waals surface area contributed by atoms with Gasteiger partial charge in [0.05, 0.1) is 19.3 Å². The van der Waals surface area contributed by atoms with E-state index in [0.717, 1.165) is 16.9 Å². The summed E-state index contributed by atoms with van der Waals surface area (Å²) in [5.41, 5.74) is 2.46. The lowest BCUT2D eigenvalue weighted by Crippen LogP contribution is -2.16. The van der Waals surface area contributed by atoms with Gasteiger partial charge in [0.15, 0.2) is 11.9 Å². The molecule has 27 heavy (non-hydrogen) atoms. The van der Waals surface area contributed by atoms with Gasteiger partial charge in [0.25, 0.3) is 0 Å². The van der Waals surface area contributed by atoms with Gasteiger partial charge in [0, 0.05) is 36.0 Å². The van der Waals surface area contributed by atoms with Crippen LogP contribution in [0.2, 0.25) is 0 Å². The lowest BCUT2D eigenvalue weighted by atomic mass is 10.0. The van der Waals surface area contributed by atoms with Crippen molar-refractivity contribution < 1.29 is 19.0 Å². The van der Waals surface area contributed by atoms with Crippen molar-refractivity contribution in [3.8, 4) is 17.2 Å². The number of aromatic nitrogens is 1. The standard InChI is InChI=1S/C22H19NO4/c1-25-20-5-3-2-4-18(20)22(15-8-11-23-12-9-15)27-16-6-7-17-19(24)10-13-26-21(17)14-16/h2-9,11-12,14,22H,10,13H2,1H3/t22-/m0/s1. The van der Waals surface area contributed by atoms with Gasteiger partial charge in [-0.15, -0.1) is 0 Å². The summed E-state index contributed by atoms with van der Waals surface area (Å²) < 4.78 is 17.5. The number of hydrogen-bond acceptors (Lipinski definition) is 5. The fourth-order valence-corrected chi connectivity index (χ4v) is 3.18. The number of benzene rings is 2. The molecule has 2 heterocycles. The Morgan fingerprint density at radius 1 is 1.07 bits per heavy atom. The highest BCUT2D eigenvalue weighted by atomic mass is 16.5. The zero-order valence-electron chi connectivity index (χ0n) is 14.9. The van der Waals surface area contributed by atoms with Crippen LogP contribution in [0.5, 0.6) is 17.2 Å². The van der Waals surface area contributed by atoms with E-state index in [9.17, 15) is 4.79 Å². The molecule has 0 saturated carbocycles. The smallest absolute Gasteiger partial charge is 0.169 e.